The second kappa shape index (κ2) is 8.72. The van der Waals surface area contributed by atoms with Gasteiger partial charge >= 0.3 is 0 Å². The molecule has 1 N–H and O–H groups in total. The van der Waals surface area contributed by atoms with Crippen LogP contribution in [-0.4, -0.2) is 21.6 Å². The molecule has 0 saturated carbocycles. The fourth-order valence-electron chi connectivity index (χ4n) is 2.09. The molecule has 0 unspecified atom stereocenters. The number of hydrogen-bond acceptors (Lipinski definition) is 3. The lowest BCUT2D eigenvalue weighted by molar-refractivity contribution is 0.322. The zero-order chi connectivity index (χ0) is 17.6. The summed E-state index contributed by atoms with van der Waals surface area (Å²) in [5.41, 5.74) is 1.80. The van der Waals surface area contributed by atoms with Crippen LogP contribution in [0.2, 0.25) is 10.0 Å². The van der Waals surface area contributed by atoms with Gasteiger partial charge in [0.15, 0.2) is 0 Å². The highest BCUT2D eigenvalue weighted by Crippen LogP contribution is 2.23. The van der Waals surface area contributed by atoms with Crippen molar-refractivity contribution in [3.63, 3.8) is 0 Å². The van der Waals surface area contributed by atoms with Gasteiger partial charge < -0.3 is 4.74 Å². The summed E-state index contributed by atoms with van der Waals surface area (Å²) in [5.74, 6) is 0.561. The zero-order valence-corrected chi connectivity index (χ0v) is 15.6. The van der Waals surface area contributed by atoms with Gasteiger partial charge in [0, 0.05) is 6.54 Å². The van der Waals surface area contributed by atoms with Crippen LogP contribution in [0.1, 0.15) is 18.1 Å². The summed E-state index contributed by atoms with van der Waals surface area (Å²) < 4.78 is 32.1. The van der Waals surface area contributed by atoms with Gasteiger partial charge in [0.25, 0.3) is 0 Å². The topological polar surface area (TPSA) is 55.4 Å². The van der Waals surface area contributed by atoms with Crippen molar-refractivity contribution in [1.29, 1.82) is 0 Å². The second-order valence-corrected chi connectivity index (χ2v) is 7.87. The molecule has 2 rings (SSSR count). The molecule has 0 fully saturated rings. The molecule has 0 amide bonds. The molecule has 130 valence electrons. The number of benzene rings is 2. The first kappa shape index (κ1) is 19.1. The Morgan fingerprint density at radius 3 is 2.29 bits per heavy atom. The maximum Gasteiger partial charge on any atom is 0.215 e. The van der Waals surface area contributed by atoms with Gasteiger partial charge in [-0.1, -0.05) is 48.3 Å². The molecular formula is C17H19Cl2NO3S. The van der Waals surface area contributed by atoms with Crippen LogP contribution in [0.4, 0.5) is 0 Å². The van der Waals surface area contributed by atoms with Gasteiger partial charge in [-0.15, -0.1) is 0 Å². The highest BCUT2D eigenvalue weighted by molar-refractivity contribution is 7.88. The molecule has 24 heavy (non-hydrogen) atoms. The Morgan fingerprint density at radius 2 is 1.67 bits per heavy atom. The lowest BCUT2D eigenvalue weighted by Crippen LogP contribution is -2.29. The average molecular weight is 388 g/mol. The van der Waals surface area contributed by atoms with Crippen LogP contribution in [0.3, 0.4) is 0 Å². The SMILES string of the molecule is CCc1ccc(OCCNS(=O)(=O)Cc2ccc(Cl)c(Cl)c2)cc1. The third-order valence-corrected chi connectivity index (χ3v) is 5.46. The van der Waals surface area contributed by atoms with Crippen LogP contribution in [0.5, 0.6) is 5.75 Å². The minimum Gasteiger partial charge on any atom is -0.492 e. The molecule has 4 nitrogen and oxygen atoms in total. The Bertz CT molecular complexity index is 777. The summed E-state index contributed by atoms with van der Waals surface area (Å²) in [7, 11) is -3.46. The number of nitrogens with one attached hydrogen (secondary N) is 1. The number of aryl methyl sites for hydroxylation is 1. The minimum atomic E-state index is -3.46. The van der Waals surface area contributed by atoms with Crippen LogP contribution in [-0.2, 0) is 22.2 Å². The van der Waals surface area contributed by atoms with E-state index in [0.717, 1.165) is 12.2 Å². The molecule has 0 radical (unpaired) electrons. The van der Waals surface area contributed by atoms with Gasteiger partial charge in [-0.2, -0.15) is 0 Å². The van der Waals surface area contributed by atoms with E-state index in [1.165, 1.54) is 5.56 Å². The standard InChI is InChI=1S/C17H19Cl2NO3S/c1-2-13-3-6-15(7-4-13)23-10-9-20-24(21,22)12-14-5-8-16(18)17(19)11-14/h3-8,11,20H,2,9-10,12H2,1H3. The number of ether oxygens (including phenoxy) is 1. The third kappa shape index (κ3) is 5.98. The number of rotatable bonds is 8. The van der Waals surface area contributed by atoms with E-state index < -0.39 is 10.0 Å². The van der Waals surface area contributed by atoms with Gasteiger partial charge in [0.2, 0.25) is 10.0 Å². The fraction of sp³-hybridized carbons (Fsp3) is 0.294. The van der Waals surface area contributed by atoms with Crippen LogP contribution >= 0.6 is 23.2 Å². The first-order valence-corrected chi connectivity index (χ1v) is 9.93. The minimum absolute atomic E-state index is 0.158. The number of hydrogen-bond donors (Lipinski definition) is 1. The molecule has 0 heterocycles. The number of sulfonamides is 1. The maximum absolute atomic E-state index is 12.0. The van der Waals surface area contributed by atoms with Crippen molar-refractivity contribution in [2.24, 2.45) is 0 Å². The van der Waals surface area contributed by atoms with Crippen LogP contribution in [0.25, 0.3) is 0 Å². The van der Waals surface area contributed by atoms with Crippen molar-refractivity contribution in [3.05, 3.63) is 63.6 Å². The van der Waals surface area contributed by atoms with Crippen molar-refractivity contribution < 1.29 is 13.2 Å². The van der Waals surface area contributed by atoms with Crippen molar-refractivity contribution in [1.82, 2.24) is 4.72 Å². The summed E-state index contributed by atoms with van der Waals surface area (Å²) in [5, 5.41) is 0.733. The molecule has 0 atom stereocenters. The van der Waals surface area contributed by atoms with Crippen molar-refractivity contribution in [3.8, 4) is 5.75 Å². The van der Waals surface area contributed by atoms with Crippen molar-refractivity contribution >= 4 is 33.2 Å². The lowest BCUT2D eigenvalue weighted by atomic mass is 10.2. The third-order valence-electron chi connectivity index (χ3n) is 3.37. The lowest BCUT2D eigenvalue weighted by Gasteiger charge is -2.09. The Labute approximate surface area is 152 Å². The first-order chi connectivity index (χ1) is 11.4. The van der Waals surface area contributed by atoms with E-state index >= 15 is 0 Å². The van der Waals surface area contributed by atoms with E-state index in [1.807, 2.05) is 24.3 Å². The Balaban J connectivity index is 1.80. The average Bonchev–Trinajstić information content (AvgIpc) is 2.55. The van der Waals surface area contributed by atoms with Gasteiger partial charge in [-0.05, 0) is 41.8 Å². The number of halogens is 2. The highest BCUT2D eigenvalue weighted by atomic mass is 35.5. The highest BCUT2D eigenvalue weighted by Gasteiger charge is 2.12. The fourth-order valence-corrected chi connectivity index (χ4v) is 3.52. The smallest absolute Gasteiger partial charge is 0.215 e. The molecule has 0 aliphatic heterocycles. The maximum atomic E-state index is 12.0. The Morgan fingerprint density at radius 1 is 1.00 bits per heavy atom. The van der Waals surface area contributed by atoms with Crippen LogP contribution < -0.4 is 9.46 Å². The summed E-state index contributed by atoms with van der Waals surface area (Å²) in [6.45, 7) is 2.53. The molecule has 0 aliphatic carbocycles. The van der Waals surface area contributed by atoms with E-state index in [-0.39, 0.29) is 18.9 Å². The molecule has 0 aromatic heterocycles. The van der Waals surface area contributed by atoms with E-state index in [9.17, 15) is 8.42 Å². The molecule has 0 spiro atoms. The summed E-state index contributed by atoms with van der Waals surface area (Å²) in [6.07, 6.45) is 0.967. The Hall–Kier alpha value is -1.27. The molecule has 2 aromatic carbocycles. The Kier molecular flexibility index (Phi) is 6.92. The van der Waals surface area contributed by atoms with E-state index in [1.54, 1.807) is 18.2 Å². The molecule has 0 aliphatic rings. The van der Waals surface area contributed by atoms with E-state index in [0.29, 0.717) is 15.6 Å². The summed E-state index contributed by atoms with van der Waals surface area (Å²) in [4.78, 5) is 0. The van der Waals surface area contributed by atoms with Crippen molar-refractivity contribution in [2.45, 2.75) is 19.1 Å². The molecule has 2 aromatic rings. The second-order valence-electron chi connectivity index (χ2n) is 5.25. The molecule has 0 bridgehead atoms. The van der Waals surface area contributed by atoms with Gasteiger partial charge in [0.05, 0.1) is 15.8 Å². The first-order valence-electron chi connectivity index (χ1n) is 7.52. The summed E-state index contributed by atoms with van der Waals surface area (Å²) in [6, 6.07) is 12.5. The van der Waals surface area contributed by atoms with Gasteiger partial charge in [-0.25, -0.2) is 13.1 Å². The largest absolute Gasteiger partial charge is 0.492 e. The van der Waals surface area contributed by atoms with Crippen LogP contribution in [0, 0.1) is 0 Å². The predicted octanol–water partition coefficient (Wildman–Crippen LogP) is 4.05. The molecule has 7 heteroatoms. The van der Waals surface area contributed by atoms with E-state index in [4.69, 9.17) is 27.9 Å². The van der Waals surface area contributed by atoms with E-state index in [2.05, 4.69) is 11.6 Å². The molecule has 0 saturated heterocycles. The molecular weight excluding hydrogens is 369 g/mol. The van der Waals surface area contributed by atoms with Gasteiger partial charge in [0.1, 0.15) is 12.4 Å². The van der Waals surface area contributed by atoms with Gasteiger partial charge in [-0.3, -0.25) is 0 Å². The van der Waals surface area contributed by atoms with Crippen molar-refractivity contribution in [2.75, 3.05) is 13.2 Å². The zero-order valence-electron chi connectivity index (χ0n) is 13.3. The van der Waals surface area contributed by atoms with Crippen LogP contribution in [0.15, 0.2) is 42.5 Å². The predicted molar refractivity (Wildman–Crippen MR) is 98.4 cm³/mol. The summed E-state index contributed by atoms with van der Waals surface area (Å²) >= 11 is 11.7. The monoisotopic (exact) mass is 387 g/mol. The quantitative estimate of drug-likeness (QED) is 0.694. The normalized spacial score (nSPS) is 11.5.